The van der Waals surface area contributed by atoms with Gasteiger partial charge in [-0.25, -0.2) is 15.0 Å². The average Bonchev–Trinajstić information content (AvgIpc) is 2.96. The third-order valence-electron chi connectivity index (χ3n) is 4.29. The molecule has 0 aromatic carbocycles. The summed E-state index contributed by atoms with van der Waals surface area (Å²) in [7, 11) is 0. The SMILES string of the molecule is N#C[C@@H](CC1=NC2N=C(NC3CCCCC3)N=C(N)N2N1)C(N)=O. The van der Waals surface area contributed by atoms with E-state index in [2.05, 4.69) is 25.7 Å². The monoisotopic (exact) mass is 331 g/mol. The maximum absolute atomic E-state index is 11.2. The maximum atomic E-state index is 11.2. The van der Waals surface area contributed by atoms with E-state index in [1.165, 1.54) is 24.3 Å². The number of amidine groups is 1. The van der Waals surface area contributed by atoms with Gasteiger partial charge in [-0.1, -0.05) is 19.3 Å². The molecule has 1 amide bonds. The van der Waals surface area contributed by atoms with Crippen molar-refractivity contribution in [1.82, 2.24) is 15.8 Å². The van der Waals surface area contributed by atoms with Crippen LogP contribution in [0.25, 0.3) is 0 Å². The molecule has 2 aliphatic heterocycles. The molecule has 10 heteroatoms. The van der Waals surface area contributed by atoms with E-state index in [-0.39, 0.29) is 12.4 Å². The molecular formula is C14H21N9O. The Labute approximate surface area is 139 Å². The van der Waals surface area contributed by atoms with Crippen LogP contribution in [0.1, 0.15) is 38.5 Å². The largest absolute Gasteiger partial charge is 0.369 e. The van der Waals surface area contributed by atoms with Crippen LogP contribution in [-0.4, -0.2) is 41.0 Å². The van der Waals surface area contributed by atoms with Crippen molar-refractivity contribution in [3.63, 3.8) is 0 Å². The first-order valence-electron chi connectivity index (χ1n) is 8.07. The average molecular weight is 331 g/mol. The lowest BCUT2D eigenvalue weighted by atomic mass is 9.96. The lowest BCUT2D eigenvalue weighted by molar-refractivity contribution is -0.120. The number of carbonyl (C=O) groups is 1. The Kier molecular flexibility index (Phi) is 4.50. The summed E-state index contributed by atoms with van der Waals surface area (Å²) < 4.78 is 0. The number of hydrazine groups is 1. The molecule has 0 aromatic rings. The molecule has 6 N–H and O–H groups in total. The second-order valence-corrected chi connectivity index (χ2v) is 6.09. The molecule has 2 heterocycles. The Hall–Kier alpha value is -2.83. The van der Waals surface area contributed by atoms with Crippen LogP contribution in [0, 0.1) is 17.2 Å². The highest BCUT2D eigenvalue weighted by Crippen LogP contribution is 2.19. The number of nitrogens with one attached hydrogen (secondary N) is 2. The molecule has 1 aliphatic carbocycles. The fourth-order valence-electron chi connectivity index (χ4n) is 2.99. The summed E-state index contributed by atoms with van der Waals surface area (Å²) in [4.78, 5) is 24.2. The Bertz CT molecular complexity index is 641. The summed E-state index contributed by atoms with van der Waals surface area (Å²) in [5.74, 6) is -0.485. The van der Waals surface area contributed by atoms with Gasteiger partial charge in [0.25, 0.3) is 0 Å². The minimum Gasteiger partial charge on any atom is -0.369 e. The first kappa shape index (κ1) is 16.0. The van der Waals surface area contributed by atoms with Crippen LogP contribution < -0.4 is 22.2 Å². The number of hydrogen-bond donors (Lipinski definition) is 4. The first-order chi connectivity index (χ1) is 11.6. The number of amides is 1. The molecule has 24 heavy (non-hydrogen) atoms. The molecule has 10 nitrogen and oxygen atoms in total. The fraction of sp³-hybridized carbons (Fsp3) is 0.643. The smallest absolute Gasteiger partial charge is 0.241 e. The Morgan fingerprint density at radius 3 is 2.83 bits per heavy atom. The molecule has 0 saturated heterocycles. The molecule has 1 unspecified atom stereocenters. The lowest BCUT2D eigenvalue weighted by Crippen LogP contribution is -2.53. The third-order valence-corrected chi connectivity index (χ3v) is 4.29. The van der Waals surface area contributed by atoms with E-state index >= 15 is 0 Å². The summed E-state index contributed by atoms with van der Waals surface area (Å²) >= 11 is 0. The first-order valence-corrected chi connectivity index (χ1v) is 8.07. The van der Waals surface area contributed by atoms with Crippen molar-refractivity contribution in [2.45, 2.75) is 50.9 Å². The summed E-state index contributed by atoms with van der Waals surface area (Å²) in [6.07, 6.45) is 5.36. The van der Waals surface area contributed by atoms with Gasteiger partial charge in [0.05, 0.1) is 6.07 Å². The number of rotatable bonds is 4. The van der Waals surface area contributed by atoms with Crippen LogP contribution in [0.2, 0.25) is 0 Å². The predicted octanol–water partition coefficient (Wildman–Crippen LogP) is -0.890. The van der Waals surface area contributed by atoms with Crippen molar-refractivity contribution >= 4 is 23.7 Å². The Morgan fingerprint density at radius 2 is 2.17 bits per heavy atom. The zero-order valence-corrected chi connectivity index (χ0v) is 13.3. The van der Waals surface area contributed by atoms with Crippen LogP contribution >= 0.6 is 0 Å². The Balaban J connectivity index is 1.68. The van der Waals surface area contributed by atoms with Crippen molar-refractivity contribution in [3.05, 3.63) is 0 Å². The van der Waals surface area contributed by atoms with E-state index in [4.69, 9.17) is 16.7 Å². The number of hydrogen-bond acceptors (Lipinski definition) is 9. The van der Waals surface area contributed by atoms with Crippen molar-refractivity contribution in [2.24, 2.45) is 32.4 Å². The predicted molar refractivity (Wildman–Crippen MR) is 88.2 cm³/mol. The van der Waals surface area contributed by atoms with Gasteiger partial charge in [-0.05, 0) is 12.8 Å². The number of primary amides is 1. The topological polar surface area (TPSA) is 157 Å². The summed E-state index contributed by atoms with van der Waals surface area (Å²) in [6.45, 7) is 0. The lowest BCUT2D eigenvalue weighted by Gasteiger charge is -2.28. The van der Waals surface area contributed by atoms with E-state index < -0.39 is 18.1 Å². The molecule has 1 saturated carbocycles. The highest BCUT2D eigenvalue weighted by molar-refractivity contribution is 5.99. The van der Waals surface area contributed by atoms with Crippen LogP contribution in [-0.2, 0) is 4.79 Å². The molecular weight excluding hydrogens is 310 g/mol. The molecule has 0 aromatic heterocycles. The van der Waals surface area contributed by atoms with Crippen molar-refractivity contribution in [2.75, 3.05) is 0 Å². The van der Waals surface area contributed by atoms with Gasteiger partial charge in [0.1, 0.15) is 11.8 Å². The van der Waals surface area contributed by atoms with E-state index in [1.807, 2.05) is 6.07 Å². The number of nitrogens with two attached hydrogens (primary N) is 2. The third kappa shape index (κ3) is 3.40. The minimum absolute atomic E-state index is 0.0903. The van der Waals surface area contributed by atoms with Gasteiger partial charge in [-0.15, -0.1) is 0 Å². The molecule has 1 fully saturated rings. The van der Waals surface area contributed by atoms with E-state index in [0.717, 1.165) is 12.8 Å². The summed E-state index contributed by atoms with van der Waals surface area (Å²) in [5.41, 5.74) is 14.1. The molecule has 0 radical (unpaired) electrons. The highest BCUT2D eigenvalue weighted by atomic mass is 16.1. The van der Waals surface area contributed by atoms with E-state index in [1.54, 1.807) is 0 Å². The van der Waals surface area contributed by atoms with E-state index in [0.29, 0.717) is 17.8 Å². The van der Waals surface area contributed by atoms with Crippen molar-refractivity contribution in [1.29, 1.82) is 5.26 Å². The molecule has 0 spiro atoms. The number of carbonyl (C=O) groups excluding carboxylic acids is 1. The van der Waals surface area contributed by atoms with Gasteiger partial charge in [0.2, 0.25) is 24.1 Å². The maximum Gasteiger partial charge on any atom is 0.241 e. The van der Waals surface area contributed by atoms with Crippen molar-refractivity contribution in [3.8, 4) is 6.07 Å². The number of nitrogens with zero attached hydrogens (tertiary/aromatic N) is 5. The number of guanidine groups is 2. The highest BCUT2D eigenvalue weighted by Gasteiger charge is 2.33. The van der Waals surface area contributed by atoms with Gasteiger partial charge in [-0.3, -0.25) is 10.2 Å². The van der Waals surface area contributed by atoms with Crippen LogP contribution in [0.3, 0.4) is 0 Å². The summed E-state index contributed by atoms with van der Waals surface area (Å²) in [5, 5.41) is 13.8. The Morgan fingerprint density at radius 1 is 1.42 bits per heavy atom. The number of fused-ring (bicyclic) bond motifs is 1. The molecule has 0 bridgehead atoms. The zero-order chi connectivity index (χ0) is 17.1. The van der Waals surface area contributed by atoms with Gasteiger partial charge in [0, 0.05) is 12.5 Å². The second kappa shape index (κ2) is 6.74. The molecule has 128 valence electrons. The minimum atomic E-state index is -0.945. The van der Waals surface area contributed by atoms with Crippen LogP contribution in [0.4, 0.5) is 0 Å². The van der Waals surface area contributed by atoms with E-state index in [9.17, 15) is 4.79 Å². The van der Waals surface area contributed by atoms with Gasteiger partial charge >= 0.3 is 0 Å². The van der Waals surface area contributed by atoms with Crippen LogP contribution in [0.5, 0.6) is 0 Å². The van der Waals surface area contributed by atoms with Crippen molar-refractivity contribution < 1.29 is 4.79 Å². The summed E-state index contributed by atoms with van der Waals surface area (Å²) in [6, 6.07) is 2.22. The van der Waals surface area contributed by atoms with Gasteiger partial charge in [0.15, 0.2) is 0 Å². The number of aliphatic imine (C=N–C) groups is 3. The normalized spacial score (nSPS) is 24.7. The fourth-order valence-corrected chi connectivity index (χ4v) is 2.99. The molecule has 2 atom stereocenters. The second-order valence-electron chi connectivity index (χ2n) is 6.09. The van der Waals surface area contributed by atoms with Gasteiger partial charge < -0.3 is 16.8 Å². The quantitative estimate of drug-likeness (QED) is 0.523. The number of nitriles is 1. The van der Waals surface area contributed by atoms with Crippen LogP contribution in [0.15, 0.2) is 15.0 Å². The molecule has 3 aliphatic rings. The standard InChI is InChI=1S/C14H21N9O/c15-7-8(11(16)24)6-10-19-14-21-13(20-12(17)23(14)22-10)18-9-4-2-1-3-5-9/h8-9,14H,1-6H2,(H2,16,24)(H,19,22)(H3,17,18,20,21)/t8-,14?/m1/s1. The van der Waals surface area contributed by atoms with Gasteiger partial charge in [-0.2, -0.15) is 10.3 Å². The molecule has 3 rings (SSSR count). The zero-order valence-electron chi connectivity index (χ0n) is 13.3.